The van der Waals surface area contributed by atoms with E-state index in [2.05, 4.69) is 9.82 Å². The molecule has 0 saturated carbocycles. The predicted octanol–water partition coefficient (Wildman–Crippen LogP) is 3.95. The summed E-state index contributed by atoms with van der Waals surface area (Å²) in [7, 11) is -2.28. The van der Waals surface area contributed by atoms with Gasteiger partial charge in [0, 0.05) is 11.1 Å². The van der Waals surface area contributed by atoms with Crippen LogP contribution in [0.2, 0.25) is 5.02 Å². The van der Waals surface area contributed by atoms with Gasteiger partial charge in [-0.3, -0.25) is 4.72 Å². The normalized spacial score (nSPS) is 11.4. The zero-order chi connectivity index (χ0) is 18.9. The second-order valence-electron chi connectivity index (χ2n) is 5.73. The van der Waals surface area contributed by atoms with Crippen LogP contribution in [0.15, 0.2) is 53.4 Å². The molecule has 0 fully saturated rings. The fourth-order valence-corrected chi connectivity index (χ4v) is 4.31. The number of nitrogens with zero attached hydrogens (tertiary/aromatic N) is 2. The molecule has 0 aliphatic rings. The number of benzene rings is 2. The van der Waals surface area contributed by atoms with Crippen molar-refractivity contribution >= 4 is 27.3 Å². The van der Waals surface area contributed by atoms with Crippen LogP contribution in [0.1, 0.15) is 11.4 Å². The molecule has 0 amide bonds. The summed E-state index contributed by atoms with van der Waals surface area (Å²) in [5, 5.41) is 4.98. The Hall–Kier alpha value is -2.51. The van der Waals surface area contributed by atoms with Gasteiger partial charge in [0.2, 0.25) is 0 Å². The third-order valence-electron chi connectivity index (χ3n) is 3.89. The summed E-state index contributed by atoms with van der Waals surface area (Å²) in [6.07, 6.45) is 0. The van der Waals surface area contributed by atoms with Crippen LogP contribution in [-0.4, -0.2) is 25.3 Å². The van der Waals surface area contributed by atoms with E-state index >= 15 is 0 Å². The van der Waals surface area contributed by atoms with Crippen molar-refractivity contribution in [3.8, 4) is 11.4 Å². The maximum atomic E-state index is 12.9. The Balaban J connectivity index is 2.01. The number of methoxy groups -OCH3 is 1. The molecule has 2 aromatic carbocycles. The van der Waals surface area contributed by atoms with Crippen molar-refractivity contribution in [1.82, 2.24) is 9.78 Å². The number of ether oxygens (including phenoxy) is 1. The van der Waals surface area contributed by atoms with E-state index in [1.807, 2.05) is 0 Å². The van der Waals surface area contributed by atoms with Gasteiger partial charge < -0.3 is 4.74 Å². The van der Waals surface area contributed by atoms with Crippen molar-refractivity contribution in [2.24, 2.45) is 0 Å². The second-order valence-corrected chi connectivity index (χ2v) is 7.78. The lowest BCUT2D eigenvalue weighted by atomic mass is 10.3. The summed E-state index contributed by atoms with van der Waals surface area (Å²) in [5.74, 6) is 0.565. The Morgan fingerprint density at radius 2 is 1.81 bits per heavy atom. The minimum Gasteiger partial charge on any atom is -0.497 e. The van der Waals surface area contributed by atoms with E-state index in [1.54, 1.807) is 67.1 Å². The fraction of sp³-hybridized carbons (Fsp3) is 0.167. The molecule has 0 unspecified atom stereocenters. The molecular weight excluding hydrogens is 374 g/mol. The van der Waals surface area contributed by atoms with Gasteiger partial charge in [-0.05, 0) is 50.2 Å². The van der Waals surface area contributed by atoms with Crippen molar-refractivity contribution in [2.45, 2.75) is 18.7 Å². The molecule has 26 heavy (non-hydrogen) atoms. The average molecular weight is 392 g/mol. The summed E-state index contributed by atoms with van der Waals surface area (Å²) in [5.41, 5.74) is 2.08. The Morgan fingerprint density at radius 1 is 1.12 bits per heavy atom. The molecule has 0 radical (unpaired) electrons. The molecule has 0 saturated heterocycles. The Morgan fingerprint density at radius 3 is 2.46 bits per heavy atom. The molecule has 3 rings (SSSR count). The van der Waals surface area contributed by atoms with Crippen LogP contribution >= 0.6 is 11.6 Å². The van der Waals surface area contributed by atoms with E-state index in [9.17, 15) is 8.42 Å². The monoisotopic (exact) mass is 391 g/mol. The minimum atomic E-state index is -3.81. The maximum Gasteiger partial charge on any atom is 0.265 e. The number of aryl methyl sites for hydroxylation is 1. The van der Waals surface area contributed by atoms with Gasteiger partial charge in [0.25, 0.3) is 10.0 Å². The molecule has 8 heteroatoms. The zero-order valence-electron chi connectivity index (χ0n) is 14.5. The van der Waals surface area contributed by atoms with Gasteiger partial charge in [-0.1, -0.05) is 17.7 Å². The van der Waals surface area contributed by atoms with E-state index in [0.717, 1.165) is 5.69 Å². The zero-order valence-corrected chi connectivity index (χ0v) is 16.1. The first-order valence-corrected chi connectivity index (χ1v) is 9.67. The summed E-state index contributed by atoms with van der Waals surface area (Å²) >= 11 is 5.92. The van der Waals surface area contributed by atoms with Gasteiger partial charge >= 0.3 is 0 Å². The first kappa shape index (κ1) is 18.3. The molecule has 1 aromatic heterocycles. The van der Waals surface area contributed by atoms with Crippen LogP contribution in [0.4, 0.5) is 5.69 Å². The number of hydrogen-bond acceptors (Lipinski definition) is 4. The summed E-state index contributed by atoms with van der Waals surface area (Å²) in [6.45, 7) is 3.38. The van der Waals surface area contributed by atoms with E-state index < -0.39 is 10.0 Å². The topological polar surface area (TPSA) is 73.2 Å². The molecule has 1 heterocycles. The minimum absolute atomic E-state index is 0.148. The van der Waals surface area contributed by atoms with Crippen LogP contribution in [0.3, 0.4) is 0 Å². The number of nitrogens with one attached hydrogen (secondary N) is 1. The van der Waals surface area contributed by atoms with Crippen molar-refractivity contribution in [2.75, 3.05) is 11.8 Å². The van der Waals surface area contributed by atoms with Gasteiger partial charge in [-0.15, -0.1) is 0 Å². The average Bonchev–Trinajstić information content (AvgIpc) is 2.90. The smallest absolute Gasteiger partial charge is 0.265 e. The van der Waals surface area contributed by atoms with Gasteiger partial charge in [-0.25, -0.2) is 13.1 Å². The van der Waals surface area contributed by atoms with Gasteiger partial charge in [0.1, 0.15) is 10.6 Å². The van der Waals surface area contributed by atoms with Gasteiger partial charge in [-0.2, -0.15) is 5.10 Å². The number of aromatic nitrogens is 2. The SMILES string of the molecule is COc1cccc(NS(=O)(=O)c2c(C)nn(-c3ccc(Cl)cc3)c2C)c1. The highest BCUT2D eigenvalue weighted by Crippen LogP contribution is 2.26. The highest BCUT2D eigenvalue weighted by atomic mass is 35.5. The molecule has 0 aliphatic carbocycles. The largest absolute Gasteiger partial charge is 0.497 e. The third kappa shape index (κ3) is 3.54. The Labute approximate surface area is 157 Å². The number of rotatable bonds is 5. The first-order valence-electron chi connectivity index (χ1n) is 7.81. The van der Waals surface area contributed by atoms with Gasteiger partial charge in [0.05, 0.1) is 29.9 Å². The van der Waals surface area contributed by atoms with Crippen LogP contribution in [0, 0.1) is 13.8 Å². The molecule has 6 nitrogen and oxygen atoms in total. The second kappa shape index (κ2) is 7.01. The van der Waals surface area contributed by atoms with Gasteiger partial charge in [0.15, 0.2) is 0 Å². The van der Waals surface area contributed by atoms with Crippen molar-refractivity contribution in [3.05, 3.63) is 64.9 Å². The first-order chi connectivity index (χ1) is 12.3. The fourth-order valence-electron chi connectivity index (χ4n) is 2.74. The lowest BCUT2D eigenvalue weighted by molar-refractivity contribution is 0.415. The standard InChI is InChI=1S/C18H18ClN3O3S/c1-12-18(13(2)22(20-12)16-9-7-14(19)8-10-16)26(23,24)21-15-5-4-6-17(11-15)25-3/h4-11,21H,1-3H3. The molecule has 0 spiro atoms. The maximum absolute atomic E-state index is 12.9. The molecule has 0 atom stereocenters. The summed E-state index contributed by atoms with van der Waals surface area (Å²) < 4.78 is 35.1. The third-order valence-corrected chi connectivity index (χ3v) is 5.77. The van der Waals surface area contributed by atoms with E-state index in [-0.39, 0.29) is 4.90 Å². The molecule has 3 aromatic rings. The summed E-state index contributed by atoms with van der Waals surface area (Å²) in [6, 6.07) is 13.8. The molecule has 1 N–H and O–H groups in total. The quantitative estimate of drug-likeness (QED) is 0.714. The molecule has 136 valence electrons. The number of hydrogen-bond donors (Lipinski definition) is 1. The molecule has 0 bridgehead atoms. The highest BCUT2D eigenvalue weighted by molar-refractivity contribution is 7.92. The number of halogens is 1. The molecule has 0 aliphatic heterocycles. The van der Waals surface area contributed by atoms with Crippen molar-refractivity contribution in [1.29, 1.82) is 0 Å². The predicted molar refractivity (Wildman–Crippen MR) is 102 cm³/mol. The van der Waals surface area contributed by atoms with Crippen molar-refractivity contribution < 1.29 is 13.2 Å². The van der Waals surface area contributed by atoms with Crippen LogP contribution < -0.4 is 9.46 Å². The van der Waals surface area contributed by atoms with Crippen LogP contribution in [0.25, 0.3) is 5.69 Å². The van der Waals surface area contributed by atoms with Crippen molar-refractivity contribution in [3.63, 3.8) is 0 Å². The van der Waals surface area contributed by atoms with Crippen LogP contribution in [0.5, 0.6) is 5.75 Å². The Kier molecular flexibility index (Phi) is 4.93. The van der Waals surface area contributed by atoms with E-state index in [4.69, 9.17) is 16.3 Å². The Bertz CT molecular complexity index is 1040. The van der Waals surface area contributed by atoms with E-state index in [0.29, 0.717) is 27.8 Å². The summed E-state index contributed by atoms with van der Waals surface area (Å²) in [4.78, 5) is 0.148. The lowest BCUT2D eigenvalue weighted by Crippen LogP contribution is -2.15. The highest BCUT2D eigenvalue weighted by Gasteiger charge is 2.25. The molecular formula is C18H18ClN3O3S. The van der Waals surface area contributed by atoms with E-state index in [1.165, 1.54) is 7.11 Å². The number of anilines is 1. The lowest BCUT2D eigenvalue weighted by Gasteiger charge is -2.10. The van der Waals surface area contributed by atoms with Crippen LogP contribution in [-0.2, 0) is 10.0 Å². The number of sulfonamides is 1.